The van der Waals surface area contributed by atoms with Crippen molar-refractivity contribution in [1.29, 1.82) is 0 Å². The molecule has 348 valence electrons. The van der Waals surface area contributed by atoms with Crippen LogP contribution in [-0.2, 0) is 4.79 Å². The predicted molar refractivity (Wildman–Crippen MR) is 270 cm³/mol. The zero-order chi connectivity index (χ0) is 46.3. The van der Waals surface area contributed by atoms with Gasteiger partial charge in [0.05, 0.1) is 11.2 Å². The number of hydrogen-bond donors (Lipinski definition) is 2. The Morgan fingerprint density at radius 2 is 0.750 bits per heavy atom. The monoisotopic (exact) mass is 873 g/mol. The molecule has 2 N–H and O–H groups in total. The normalized spacial score (nSPS) is 18.9. The lowest BCUT2D eigenvalue weighted by Crippen LogP contribution is -2.44. The van der Waals surface area contributed by atoms with E-state index in [4.69, 9.17) is 5.11 Å². The van der Waals surface area contributed by atoms with Crippen LogP contribution in [-0.4, -0.2) is 79.9 Å². The average molecular weight is 873 g/mol. The van der Waals surface area contributed by atoms with E-state index in [2.05, 4.69) is 148 Å². The molecule has 8 nitrogen and oxygen atoms in total. The highest BCUT2D eigenvalue weighted by molar-refractivity contribution is 5.88. The second-order valence-corrected chi connectivity index (χ2v) is 19.8. The second-order valence-electron chi connectivity index (χ2n) is 19.8. The maximum atomic E-state index is 11.1. The molecule has 0 aromatic heterocycles. The molecule has 4 aliphatic rings. The summed E-state index contributed by atoms with van der Waals surface area (Å²) in [7, 11) is 0. The molecule has 64 heavy (non-hydrogen) atoms. The molecule has 4 fully saturated rings. The number of aryl methyl sites for hydroxylation is 3. The summed E-state index contributed by atoms with van der Waals surface area (Å²) in [6.07, 6.45) is 11.7. The van der Waals surface area contributed by atoms with Crippen LogP contribution in [0, 0.1) is 31.6 Å². The molecule has 0 radical (unpaired) electrons. The van der Waals surface area contributed by atoms with Crippen molar-refractivity contribution < 1.29 is 19.8 Å². The first-order chi connectivity index (χ1) is 30.5. The van der Waals surface area contributed by atoms with Gasteiger partial charge in [-0.15, -0.1) is 0 Å². The van der Waals surface area contributed by atoms with Crippen LogP contribution in [0.5, 0.6) is 0 Å². The number of rotatable bonds is 8. The number of aliphatic hydroxyl groups is 1. The minimum atomic E-state index is -0.862. The molecule has 0 aliphatic carbocycles. The Hall–Kier alpha value is -4.82. The van der Waals surface area contributed by atoms with E-state index in [1.165, 1.54) is 85.4 Å². The fraction of sp³-hybridized carbons (Fsp3) is 0.536. The molecule has 4 heterocycles. The lowest BCUT2D eigenvalue weighted by Gasteiger charge is -2.40. The van der Waals surface area contributed by atoms with Crippen molar-refractivity contribution >= 4 is 34.5 Å². The Kier molecular flexibility index (Phi) is 18.3. The number of anilines is 4. The lowest BCUT2D eigenvalue weighted by molar-refractivity contribution is -0.119. The standard InChI is InChI=1S/C15H21NO2.C15H23N.C14H21NO.C12H15NO/c1-3-15(2)8-10-16(11-9-15)13-6-4-12(5-7-13)14(17)18;1-4-15(3)9-11-16(12-10-15)14-7-5-13(2)6-8-14;1-3-14(16)8-10-15(11-9-14)13-6-4-12(2)5-7-13;1-10-2-4-11(5-3-10)13-8-6-12(14)7-9-13/h4-7H,3,8-11H2,1-2H3,(H,17,18);5-8H,4,9-12H2,1-3H3;4-7,16H,3,8-11H2,1-2H3;2-5H,6-9H2,1H3. The van der Waals surface area contributed by atoms with Crippen LogP contribution >= 0.6 is 0 Å². The molecule has 0 unspecified atom stereocenters. The SMILES string of the molecule is CCC1(C)CCN(c2ccc(C(=O)O)cc2)CC1.CCC1(C)CCN(c2ccc(C)cc2)CC1.CCC1(O)CCN(c2ccc(C)cc2)CC1.Cc1ccc(N2CCC(=O)CC2)cc1. The average Bonchev–Trinajstić information content (AvgIpc) is 3.32. The van der Waals surface area contributed by atoms with E-state index in [-0.39, 0.29) is 0 Å². The van der Waals surface area contributed by atoms with E-state index >= 15 is 0 Å². The Morgan fingerprint density at radius 1 is 0.469 bits per heavy atom. The fourth-order valence-corrected chi connectivity index (χ4v) is 8.95. The van der Waals surface area contributed by atoms with E-state index < -0.39 is 11.6 Å². The number of carboxylic acid groups (broad SMARTS) is 1. The largest absolute Gasteiger partial charge is 0.478 e. The van der Waals surface area contributed by atoms with Crippen molar-refractivity contribution in [2.24, 2.45) is 10.8 Å². The molecule has 0 bridgehead atoms. The third-order valence-electron chi connectivity index (χ3n) is 15.0. The number of aromatic carboxylic acids is 1. The third kappa shape index (κ3) is 14.9. The third-order valence-corrected chi connectivity index (χ3v) is 15.0. The molecule has 4 saturated heterocycles. The van der Waals surface area contributed by atoms with Crippen LogP contribution in [0.25, 0.3) is 0 Å². The minimum absolute atomic E-state index is 0.356. The van der Waals surface area contributed by atoms with Crippen molar-refractivity contribution in [3.05, 3.63) is 119 Å². The molecule has 0 spiro atoms. The molecule has 4 aromatic rings. The number of benzene rings is 4. The molecular weight excluding hydrogens is 793 g/mol. The molecule has 8 heteroatoms. The molecule has 8 rings (SSSR count). The zero-order valence-corrected chi connectivity index (χ0v) is 40.7. The second kappa shape index (κ2) is 23.4. The number of carbonyl (C=O) groups excluding carboxylic acids is 1. The quantitative estimate of drug-likeness (QED) is 0.181. The van der Waals surface area contributed by atoms with Gasteiger partial charge in [0.25, 0.3) is 0 Å². The van der Waals surface area contributed by atoms with E-state index in [0.717, 1.165) is 64.2 Å². The number of ketones is 1. The number of carboxylic acids is 1. The Morgan fingerprint density at radius 3 is 1.03 bits per heavy atom. The van der Waals surface area contributed by atoms with Gasteiger partial charge in [-0.25, -0.2) is 4.79 Å². The first-order valence-corrected chi connectivity index (χ1v) is 24.3. The van der Waals surface area contributed by atoms with Crippen molar-refractivity contribution in [1.82, 2.24) is 0 Å². The summed E-state index contributed by atoms with van der Waals surface area (Å²) in [6, 6.07) is 33.3. The van der Waals surface area contributed by atoms with Crippen LogP contribution in [0.1, 0.15) is 132 Å². The van der Waals surface area contributed by atoms with E-state index in [1.807, 2.05) is 12.1 Å². The van der Waals surface area contributed by atoms with E-state index in [1.54, 1.807) is 12.1 Å². The summed E-state index contributed by atoms with van der Waals surface area (Å²) in [4.78, 5) is 31.4. The number of carbonyl (C=O) groups is 2. The highest BCUT2D eigenvalue weighted by Gasteiger charge is 2.31. The van der Waals surface area contributed by atoms with Gasteiger partial charge in [-0.3, -0.25) is 4.79 Å². The van der Waals surface area contributed by atoms with Gasteiger partial charge in [-0.1, -0.05) is 101 Å². The van der Waals surface area contributed by atoms with Crippen molar-refractivity contribution in [3.8, 4) is 0 Å². The summed E-state index contributed by atoms with van der Waals surface area (Å²) in [5.74, 6) is -0.466. The minimum Gasteiger partial charge on any atom is -0.478 e. The van der Waals surface area contributed by atoms with Crippen molar-refractivity contribution in [3.63, 3.8) is 0 Å². The van der Waals surface area contributed by atoms with Gasteiger partial charge in [-0.05, 0) is 137 Å². The van der Waals surface area contributed by atoms with Crippen LogP contribution < -0.4 is 19.6 Å². The van der Waals surface area contributed by atoms with Crippen LogP contribution in [0.15, 0.2) is 97.1 Å². The van der Waals surface area contributed by atoms with Gasteiger partial charge in [0.1, 0.15) is 5.78 Å². The van der Waals surface area contributed by atoms with Crippen LogP contribution in [0.2, 0.25) is 0 Å². The predicted octanol–water partition coefficient (Wildman–Crippen LogP) is 12.3. The highest BCUT2D eigenvalue weighted by atomic mass is 16.4. The molecule has 4 aromatic carbocycles. The van der Waals surface area contributed by atoms with Gasteiger partial charge in [0.2, 0.25) is 0 Å². The van der Waals surface area contributed by atoms with E-state index in [0.29, 0.717) is 35.0 Å². The maximum Gasteiger partial charge on any atom is 0.335 e. The summed E-state index contributed by atoms with van der Waals surface area (Å²) >= 11 is 0. The first kappa shape index (κ1) is 50.2. The number of piperidine rings is 4. The van der Waals surface area contributed by atoms with E-state index in [9.17, 15) is 14.7 Å². The smallest absolute Gasteiger partial charge is 0.335 e. The maximum absolute atomic E-state index is 11.1. The van der Waals surface area contributed by atoms with Crippen molar-refractivity contribution in [2.75, 3.05) is 72.0 Å². The van der Waals surface area contributed by atoms with Crippen LogP contribution in [0.4, 0.5) is 22.7 Å². The molecule has 4 aliphatic heterocycles. The number of hydrogen-bond acceptors (Lipinski definition) is 7. The molecule has 0 atom stereocenters. The fourth-order valence-electron chi connectivity index (χ4n) is 8.95. The van der Waals surface area contributed by atoms with Crippen molar-refractivity contribution in [2.45, 2.75) is 132 Å². The Balaban J connectivity index is 0.000000161. The Labute approximate surface area is 386 Å². The van der Waals surface area contributed by atoms with Gasteiger partial charge >= 0.3 is 5.97 Å². The van der Waals surface area contributed by atoms with Gasteiger partial charge < -0.3 is 29.8 Å². The van der Waals surface area contributed by atoms with Crippen LogP contribution in [0.3, 0.4) is 0 Å². The summed E-state index contributed by atoms with van der Waals surface area (Å²) in [5.41, 5.74) is 9.98. The molecule has 0 amide bonds. The molecular formula is C56H80N4O4. The summed E-state index contributed by atoms with van der Waals surface area (Å²) < 4.78 is 0. The number of nitrogens with zero attached hydrogens (tertiary/aromatic N) is 4. The number of Topliss-reactive ketones (excluding diaryl/α,β-unsaturated/α-hetero) is 1. The summed E-state index contributed by atoms with van der Waals surface area (Å²) in [6.45, 7) is 26.0. The Bertz CT molecular complexity index is 1920. The first-order valence-electron chi connectivity index (χ1n) is 24.3. The summed E-state index contributed by atoms with van der Waals surface area (Å²) in [5, 5.41) is 19.0. The van der Waals surface area contributed by atoms with Gasteiger partial charge in [0.15, 0.2) is 0 Å². The lowest BCUT2D eigenvalue weighted by atomic mass is 9.78. The topological polar surface area (TPSA) is 87.6 Å². The zero-order valence-electron chi connectivity index (χ0n) is 40.7. The van der Waals surface area contributed by atoms with Gasteiger partial charge in [0, 0.05) is 87.9 Å². The highest BCUT2D eigenvalue weighted by Crippen LogP contribution is 2.37. The van der Waals surface area contributed by atoms with Gasteiger partial charge in [-0.2, -0.15) is 0 Å². The molecule has 0 saturated carbocycles.